The zero-order valence-electron chi connectivity index (χ0n) is 16.9. The van der Waals surface area contributed by atoms with Gasteiger partial charge in [-0.2, -0.15) is 5.10 Å². The second-order valence-electron chi connectivity index (χ2n) is 8.03. The number of benzene rings is 1. The summed E-state index contributed by atoms with van der Waals surface area (Å²) in [5.74, 6) is 0.471. The van der Waals surface area contributed by atoms with E-state index in [9.17, 15) is 4.79 Å². The zero-order valence-corrected chi connectivity index (χ0v) is 16.9. The maximum atomic E-state index is 12.6. The van der Waals surface area contributed by atoms with Crippen LogP contribution in [0.15, 0.2) is 42.6 Å². The summed E-state index contributed by atoms with van der Waals surface area (Å²) in [6.45, 7) is 5.67. The van der Waals surface area contributed by atoms with E-state index in [4.69, 9.17) is 4.74 Å². The summed E-state index contributed by atoms with van der Waals surface area (Å²) in [5.41, 5.74) is 2.49. The third kappa shape index (κ3) is 5.58. The number of urea groups is 1. The molecule has 1 aromatic heterocycles. The molecule has 156 valence electrons. The van der Waals surface area contributed by atoms with Crippen molar-refractivity contribution < 1.29 is 9.53 Å². The number of nitrogens with zero attached hydrogens (tertiary/aromatic N) is 3. The van der Waals surface area contributed by atoms with Crippen LogP contribution in [0.2, 0.25) is 0 Å². The van der Waals surface area contributed by atoms with Gasteiger partial charge < -0.3 is 15.0 Å². The molecule has 1 unspecified atom stereocenters. The molecule has 1 aromatic carbocycles. The van der Waals surface area contributed by atoms with Crippen molar-refractivity contribution in [3.63, 3.8) is 0 Å². The summed E-state index contributed by atoms with van der Waals surface area (Å²) in [4.78, 5) is 17.0. The topological polar surface area (TPSA) is 73.5 Å². The largest absolute Gasteiger partial charge is 0.375 e. The van der Waals surface area contributed by atoms with Gasteiger partial charge in [-0.1, -0.05) is 30.3 Å². The molecule has 2 fully saturated rings. The lowest BCUT2D eigenvalue weighted by Gasteiger charge is -2.32. The quantitative estimate of drug-likeness (QED) is 0.813. The van der Waals surface area contributed by atoms with Gasteiger partial charge in [0, 0.05) is 63.7 Å². The number of amides is 2. The Morgan fingerprint density at radius 2 is 2.00 bits per heavy atom. The monoisotopic (exact) mass is 397 g/mol. The fourth-order valence-electron chi connectivity index (χ4n) is 4.28. The molecule has 2 amide bonds. The predicted octanol–water partition coefficient (Wildman–Crippen LogP) is 2.59. The molecule has 2 saturated heterocycles. The summed E-state index contributed by atoms with van der Waals surface area (Å²) in [6, 6.07) is 12.6. The number of rotatable bonds is 5. The van der Waals surface area contributed by atoms with Gasteiger partial charge in [0.15, 0.2) is 0 Å². The summed E-state index contributed by atoms with van der Waals surface area (Å²) >= 11 is 0. The summed E-state index contributed by atoms with van der Waals surface area (Å²) in [7, 11) is 0. The van der Waals surface area contributed by atoms with Crippen molar-refractivity contribution in [3.05, 3.63) is 53.9 Å². The number of hydrogen-bond acceptors (Lipinski definition) is 4. The van der Waals surface area contributed by atoms with Gasteiger partial charge >= 0.3 is 6.03 Å². The first kappa shape index (κ1) is 19.9. The minimum absolute atomic E-state index is 0.0236. The Labute approximate surface area is 172 Å². The fourth-order valence-corrected chi connectivity index (χ4v) is 4.28. The van der Waals surface area contributed by atoms with Gasteiger partial charge in [-0.15, -0.1) is 0 Å². The first-order valence-electron chi connectivity index (χ1n) is 10.7. The van der Waals surface area contributed by atoms with Crippen LogP contribution in [0, 0.1) is 0 Å². The van der Waals surface area contributed by atoms with Crippen LogP contribution in [-0.4, -0.2) is 71.5 Å². The fraction of sp³-hybridized carbons (Fsp3) is 0.545. The van der Waals surface area contributed by atoms with E-state index in [1.807, 2.05) is 17.0 Å². The van der Waals surface area contributed by atoms with Crippen LogP contribution in [0.25, 0.3) is 0 Å². The predicted molar refractivity (Wildman–Crippen MR) is 112 cm³/mol. The Morgan fingerprint density at radius 1 is 1.17 bits per heavy atom. The molecule has 1 atom stereocenters. The summed E-state index contributed by atoms with van der Waals surface area (Å²) in [5, 5.41) is 10.2. The standard InChI is InChI=1S/C22H31N5O2/c28-22(27-12-8-19(9-13-27)21-7-10-24-25-21)23-15-20-17-26(11-4-14-29-20)16-18-5-2-1-3-6-18/h1-3,5-7,10,19-20H,4,8-9,11-17H2,(H,23,28)(H,24,25). The highest BCUT2D eigenvalue weighted by atomic mass is 16.5. The Hall–Kier alpha value is -2.38. The summed E-state index contributed by atoms with van der Waals surface area (Å²) in [6.07, 6.45) is 4.80. The molecular weight excluding hydrogens is 366 g/mol. The van der Waals surface area contributed by atoms with Gasteiger partial charge in [-0.25, -0.2) is 4.79 Å². The van der Waals surface area contributed by atoms with E-state index in [1.54, 1.807) is 6.20 Å². The number of aromatic nitrogens is 2. The number of piperidine rings is 1. The molecule has 0 saturated carbocycles. The molecule has 2 aromatic rings. The highest BCUT2D eigenvalue weighted by molar-refractivity contribution is 5.74. The first-order chi connectivity index (χ1) is 14.3. The zero-order chi connectivity index (χ0) is 19.9. The average Bonchev–Trinajstić information content (AvgIpc) is 3.21. The molecule has 4 rings (SSSR count). The minimum atomic E-state index is 0.0236. The van der Waals surface area contributed by atoms with Crippen LogP contribution < -0.4 is 5.32 Å². The van der Waals surface area contributed by atoms with Crippen LogP contribution >= 0.6 is 0 Å². The van der Waals surface area contributed by atoms with E-state index in [1.165, 1.54) is 11.3 Å². The van der Waals surface area contributed by atoms with Crippen LogP contribution in [0.1, 0.15) is 36.4 Å². The molecule has 0 bridgehead atoms. The third-order valence-electron chi connectivity index (χ3n) is 5.91. The van der Waals surface area contributed by atoms with Crippen molar-refractivity contribution in [2.24, 2.45) is 0 Å². The number of carbonyl (C=O) groups is 1. The molecule has 2 N–H and O–H groups in total. The van der Waals surface area contributed by atoms with Crippen molar-refractivity contribution in [1.29, 1.82) is 0 Å². The van der Waals surface area contributed by atoms with Gasteiger partial charge in [-0.3, -0.25) is 10.00 Å². The molecule has 7 nitrogen and oxygen atoms in total. The number of aromatic amines is 1. The number of ether oxygens (including phenoxy) is 1. The second kappa shape index (κ2) is 9.89. The Bertz CT molecular complexity index is 744. The molecule has 29 heavy (non-hydrogen) atoms. The van der Waals surface area contributed by atoms with Crippen molar-refractivity contribution in [2.45, 2.75) is 37.8 Å². The van der Waals surface area contributed by atoms with Crippen molar-refractivity contribution >= 4 is 6.03 Å². The van der Waals surface area contributed by atoms with Gasteiger partial charge in [0.25, 0.3) is 0 Å². The van der Waals surface area contributed by atoms with E-state index in [-0.39, 0.29) is 12.1 Å². The lowest BCUT2D eigenvalue weighted by Crippen LogP contribution is -2.47. The van der Waals surface area contributed by atoms with E-state index in [0.29, 0.717) is 12.5 Å². The van der Waals surface area contributed by atoms with Gasteiger partial charge in [0.1, 0.15) is 0 Å². The van der Waals surface area contributed by atoms with Gasteiger partial charge in [0.2, 0.25) is 0 Å². The van der Waals surface area contributed by atoms with E-state index in [0.717, 1.165) is 58.6 Å². The number of H-pyrrole nitrogens is 1. The van der Waals surface area contributed by atoms with Crippen molar-refractivity contribution in [2.75, 3.05) is 39.3 Å². The molecule has 3 heterocycles. The minimum Gasteiger partial charge on any atom is -0.375 e. The SMILES string of the molecule is O=C(NCC1CN(Cc2ccccc2)CCCO1)N1CCC(c2ccn[nH]2)CC1. The Kier molecular flexibility index (Phi) is 6.79. The van der Waals surface area contributed by atoms with Crippen molar-refractivity contribution in [3.8, 4) is 0 Å². The number of nitrogens with one attached hydrogen (secondary N) is 2. The molecule has 7 heteroatoms. The number of hydrogen-bond donors (Lipinski definition) is 2. The van der Waals surface area contributed by atoms with Crippen LogP contribution in [0.5, 0.6) is 0 Å². The maximum Gasteiger partial charge on any atom is 0.317 e. The van der Waals surface area contributed by atoms with Gasteiger partial charge in [-0.05, 0) is 30.9 Å². The lowest BCUT2D eigenvalue weighted by molar-refractivity contribution is 0.0536. The van der Waals surface area contributed by atoms with Crippen LogP contribution in [-0.2, 0) is 11.3 Å². The molecular formula is C22H31N5O2. The van der Waals surface area contributed by atoms with E-state index >= 15 is 0 Å². The highest BCUT2D eigenvalue weighted by Gasteiger charge is 2.25. The number of likely N-dealkylation sites (tertiary alicyclic amines) is 1. The number of carbonyl (C=O) groups excluding carboxylic acids is 1. The second-order valence-corrected chi connectivity index (χ2v) is 8.03. The third-order valence-corrected chi connectivity index (χ3v) is 5.91. The molecule has 2 aliphatic rings. The lowest BCUT2D eigenvalue weighted by atomic mass is 9.94. The van der Waals surface area contributed by atoms with Crippen molar-refractivity contribution in [1.82, 2.24) is 25.3 Å². The molecule has 2 aliphatic heterocycles. The maximum absolute atomic E-state index is 12.6. The Balaban J connectivity index is 1.22. The summed E-state index contributed by atoms with van der Waals surface area (Å²) < 4.78 is 5.99. The normalized spacial score (nSPS) is 21.7. The van der Waals surface area contributed by atoms with Gasteiger partial charge in [0.05, 0.1) is 6.10 Å². The molecule has 0 spiro atoms. The van der Waals surface area contributed by atoms with Crippen LogP contribution in [0.4, 0.5) is 4.79 Å². The average molecular weight is 398 g/mol. The van der Waals surface area contributed by atoms with Crippen LogP contribution in [0.3, 0.4) is 0 Å². The van der Waals surface area contributed by atoms with E-state index in [2.05, 4.69) is 44.7 Å². The van der Waals surface area contributed by atoms with E-state index < -0.39 is 0 Å². The Morgan fingerprint density at radius 3 is 2.76 bits per heavy atom. The first-order valence-corrected chi connectivity index (χ1v) is 10.7. The smallest absolute Gasteiger partial charge is 0.317 e. The molecule has 0 aliphatic carbocycles. The molecule has 0 radical (unpaired) electrons. The highest BCUT2D eigenvalue weighted by Crippen LogP contribution is 2.26.